The van der Waals surface area contributed by atoms with E-state index in [0.717, 1.165) is 33.3 Å². The third-order valence-corrected chi connectivity index (χ3v) is 8.75. The molecule has 0 radical (unpaired) electrons. The normalized spacial score (nSPS) is 12.4. The Morgan fingerprint density at radius 3 is 2.27 bits per heavy atom. The first-order valence-electron chi connectivity index (χ1n) is 13.3. The van der Waals surface area contributed by atoms with Gasteiger partial charge in [0.05, 0.1) is 15.9 Å². The fraction of sp³-hybridized carbons (Fsp3) is 0.188. The van der Waals surface area contributed by atoms with Crippen molar-refractivity contribution in [2.24, 2.45) is 0 Å². The largest absolute Gasteiger partial charge is 0.480 e. The van der Waals surface area contributed by atoms with E-state index in [4.69, 9.17) is 0 Å². The van der Waals surface area contributed by atoms with E-state index in [2.05, 4.69) is 26.1 Å². The summed E-state index contributed by atoms with van der Waals surface area (Å²) in [5, 5.41) is 13.2. The van der Waals surface area contributed by atoms with Crippen molar-refractivity contribution in [3.05, 3.63) is 113 Å². The van der Waals surface area contributed by atoms with E-state index in [1.807, 2.05) is 73.7 Å². The third kappa shape index (κ3) is 6.48. The Balaban J connectivity index is 1.27. The standard InChI is InChI=1S/C32H32N4O4S/c1-20-15-21(2)30(22(3)16-20)41(39,40)36-29(31(37)38)18-23-11-13-25(14-12-23)26-8-6-7-24(17-26)19-33-32-34-27-9-4-5-10-28(27)35-32/h4-17,29,36H,18-19H2,1-3H3,(H,37,38)(H2,33,34,35). The summed E-state index contributed by atoms with van der Waals surface area (Å²) in [6.07, 6.45) is 0.0141. The van der Waals surface area contributed by atoms with Crippen LogP contribution >= 0.6 is 0 Å². The molecule has 210 valence electrons. The van der Waals surface area contributed by atoms with Crippen LogP contribution in [0.2, 0.25) is 0 Å². The molecule has 0 amide bonds. The zero-order valence-corrected chi connectivity index (χ0v) is 23.9. The number of benzene rings is 4. The maximum Gasteiger partial charge on any atom is 0.322 e. The van der Waals surface area contributed by atoms with Crippen molar-refractivity contribution in [2.45, 2.75) is 44.7 Å². The summed E-state index contributed by atoms with van der Waals surface area (Å²) in [6.45, 7) is 5.91. The lowest BCUT2D eigenvalue weighted by molar-refractivity contribution is -0.138. The van der Waals surface area contributed by atoms with Gasteiger partial charge < -0.3 is 15.4 Å². The summed E-state index contributed by atoms with van der Waals surface area (Å²) in [6, 6.07) is 25.7. The maximum atomic E-state index is 13.2. The molecule has 9 heteroatoms. The van der Waals surface area contributed by atoms with Gasteiger partial charge in [-0.15, -0.1) is 0 Å². The molecule has 1 atom stereocenters. The molecule has 0 saturated carbocycles. The predicted octanol–water partition coefficient (Wildman–Crippen LogP) is 5.74. The van der Waals surface area contributed by atoms with E-state index in [9.17, 15) is 18.3 Å². The van der Waals surface area contributed by atoms with Gasteiger partial charge in [-0.25, -0.2) is 13.4 Å². The minimum Gasteiger partial charge on any atom is -0.480 e. The second-order valence-electron chi connectivity index (χ2n) is 10.3. The quantitative estimate of drug-likeness (QED) is 0.170. The summed E-state index contributed by atoms with van der Waals surface area (Å²) < 4.78 is 28.7. The molecule has 5 rings (SSSR count). The molecule has 0 fully saturated rings. The summed E-state index contributed by atoms with van der Waals surface area (Å²) in [4.78, 5) is 20.0. The van der Waals surface area contributed by atoms with Crippen molar-refractivity contribution in [2.75, 3.05) is 5.32 Å². The van der Waals surface area contributed by atoms with Crippen LogP contribution in [0.5, 0.6) is 0 Å². The Morgan fingerprint density at radius 2 is 1.59 bits per heavy atom. The highest BCUT2D eigenvalue weighted by atomic mass is 32.2. The number of carboxylic acid groups (broad SMARTS) is 1. The number of carboxylic acids is 1. The molecule has 0 aliphatic carbocycles. The first kappa shape index (κ1) is 28.1. The monoisotopic (exact) mass is 568 g/mol. The van der Waals surface area contributed by atoms with E-state index < -0.39 is 22.0 Å². The number of rotatable bonds is 10. The Kier molecular flexibility index (Phi) is 7.92. The molecule has 1 aromatic heterocycles. The van der Waals surface area contributed by atoms with Crippen LogP contribution in [0.25, 0.3) is 22.2 Å². The maximum absolute atomic E-state index is 13.2. The van der Waals surface area contributed by atoms with Crippen LogP contribution in [0.15, 0.2) is 89.8 Å². The minimum absolute atomic E-state index is 0.0141. The molecule has 5 aromatic rings. The van der Waals surface area contributed by atoms with Gasteiger partial charge in [0.1, 0.15) is 6.04 Å². The van der Waals surface area contributed by atoms with E-state index in [0.29, 0.717) is 29.2 Å². The predicted molar refractivity (Wildman–Crippen MR) is 161 cm³/mol. The van der Waals surface area contributed by atoms with Gasteiger partial charge in [-0.2, -0.15) is 4.72 Å². The molecule has 0 aliphatic rings. The molecule has 0 aliphatic heterocycles. The van der Waals surface area contributed by atoms with E-state index in [1.54, 1.807) is 26.0 Å². The summed E-state index contributed by atoms with van der Waals surface area (Å²) in [5.41, 5.74) is 7.76. The molecule has 0 bridgehead atoms. The Hall–Kier alpha value is -4.47. The van der Waals surface area contributed by atoms with Crippen LogP contribution in [0, 0.1) is 20.8 Å². The molecule has 1 unspecified atom stereocenters. The number of carbonyl (C=O) groups is 1. The van der Waals surface area contributed by atoms with Crippen LogP contribution in [0.4, 0.5) is 5.95 Å². The Morgan fingerprint density at radius 1 is 0.878 bits per heavy atom. The number of H-pyrrole nitrogens is 1. The smallest absolute Gasteiger partial charge is 0.322 e. The lowest BCUT2D eigenvalue weighted by Gasteiger charge is -2.18. The molecule has 4 aromatic carbocycles. The van der Waals surface area contributed by atoms with Gasteiger partial charge in [0.2, 0.25) is 16.0 Å². The molecule has 1 heterocycles. The number of aryl methyl sites for hydroxylation is 3. The number of para-hydroxylation sites is 2. The molecule has 4 N–H and O–H groups in total. The van der Waals surface area contributed by atoms with Crippen molar-refractivity contribution in [3.8, 4) is 11.1 Å². The number of aromatic amines is 1. The first-order valence-corrected chi connectivity index (χ1v) is 14.8. The number of fused-ring (bicyclic) bond motifs is 1. The summed E-state index contributed by atoms with van der Waals surface area (Å²) in [7, 11) is -4.04. The van der Waals surface area contributed by atoms with Gasteiger partial charge in [-0.05, 0) is 78.8 Å². The fourth-order valence-electron chi connectivity index (χ4n) is 5.17. The second kappa shape index (κ2) is 11.6. The number of aliphatic carboxylic acids is 1. The van der Waals surface area contributed by atoms with Crippen molar-refractivity contribution in [1.29, 1.82) is 0 Å². The number of aromatic nitrogens is 2. The number of nitrogens with zero attached hydrogens (tertiary/aromatic N) is 1. The van der Waals surface area contributed by atoms with Gasteiger partial charge in [0, 0.05) is 6.54 Å². The van der Waals surface area contributed by atoms with Crippen molar-refractivity contribution in [3.63, 3.8) is 0 Å². The van der Waals surface area contributed by atoms with Crippen molar-refractivity contribution >= 4 is 33.0 Å². The molecule has 8 nitrogen and oxygen atoms in total. The van der Waals surface area contributed by atoms with Crippen molar-refractivity contribution < 1.29 is 18.3 Å². The number of hydrogen-bond donors (Lipinski definition) is 4. The lowest BCUT2D eigenvalue weighted by atomic mass is 9.99. The van der Waals surface area contributed by atoms with E-state index in [-0.39, 0.29) is 11.3 Å². The van der Waals surface area contributed by atoms with E-state index >= 15 is 0 Å². The summed E-state index contributed by atoms with van der Waals surface area (Å²) >= 11 is 0. The molecular formula is C32H32N4O4S. The van der Waals surface area contributed by atoms with Crippen LogP contribution in [-0.4, -0.2) is 35.5 Å². The average molecular weight is 569 g/mol. The number of imidazole rings is 1. The highest BCUT2D eigenvalue weighted by molar-refractivity contribution is 7.89. The number of nitrogens with one attached hydrogen (secondary N) is 3. The number of sulfonamides is 1. The number of hydrogen-bond acceptors (Lipinski definition) is 5. The van der Waals surface area contributed by atoms with Crippen LogP contribution in [0.3, 0.4) is 0 Å². The highest BCUT2D eigenvalue weighted by Crippen LogP contribution is 2.24. The molecule has 0 spiro atoms. The zero-order chi connectivity index (χ0) is 29.1. The zero-order valence-electron chi connectivity index (χ0n) is 23.1. The summed E-state index contributed by atoms with van der Waals surface area (Å²) in [5.74, 6) is -0.526. The van der Waals surface area contributed by atoms with Gasteiger partial charge >= 0.3 is 5.97 Å². The Bertz CT molecular complexity index is 1770. The third-order valence-electron chi connectivity index (χ3n) is 6.97. The van der Waals surface area contributed by atoms with Crippen LogP contribution in [0.1, 0.15) is 27.8 Å². The van der Waals surface area contributed by atoms with Gasteiger partial charge in [-0.1, -0.05) is 72.3 Å². The second-order valence-corrected chi connectivity index (χ2v) is 11.9. The van der Waals surface area contributed by atoms with Crippen LogP contribution in [-0.2, 0) is 27.8 Å². The SMILES string of the molecule is Cc1cc(C)c(S(=O)(=O)NC(Cc2ccc(-c3cccc(CNc4nc5ccccc5[nH]4)c3)cc2)C(=O)O)c(C)c1. The van der Waals surface area contributed by atoms with Crippen LogP contribution < -0.4 is 10.0 Å². The molecular weight excluding hydrogens is 536 g/mol. The molecule has 41 heavy (non-hydrogen) atoms. The van der Waals surface area contributed by atoms with Gasteiger partial charge in [0.25, 0.3) is 0 Å². The highest BCUT2D eigenvalue weighted by Gasteiger charge is 2.28. The average Bonchev–Trinajstić information content (AvgIpc) is 3.34. The number of anilines is 1. The van der Waals surface area contributed by atoms with E-state index in [1.165, 1.54) is 0 Å². The lowest BCUT2D eigenvalue weighted by Crippen LogP contribution is -2.42. The molecule has 0 saturated heterocycles. The topological polar surface area (TPSA) is 124 Å². The fourth-order valence-corrected chi connectivity index (χ4v) is 6.81. The Labute approximate surface area is 239 Å². The van der Waals surface area contributed by atoms with Gasteiger partial charge in [-0.3, -0.25) is 4.79 Å². The van der Waals surface area contributed by atoms with Gasteiger partial charge in [0.15, 0.2) is 0 Å². The van der Waals surface area contributed by atoms with Crippen molar-refractivity contribution in [1.82, 2.24) is 14.7 Å². The first-order chi connectivity index (χ1) is 19.6. The minimum atomic E-state index is -4.04.